The zero-order valence-electron chi connectivity index (χ0n) is 14.0. The third kappa shape index (κ3) is 3.92. The Morgan fingerprint density at radius 3 is 2.62 bits per heavy atom. The van der Waals surface area contributed by atoms with Crippen LogP contribution < -0.4 is 4.72 Å². The third-order valence-corrected chi connectivity index (χ3v) is 5.32. The fraction of sp³-hybridized carbons (Fsp3) is 0.111. The van der Waals surface area contributed by atoms with E-state index in [1.807, 2.05) is 30.3 Å². The van der Waals surface area contributed by atoms with Crippen molar-refractivity contribution in [2.75, 3.05) is 4.72 Å². The Hall–Kier alpha value is -3.13. The Morgan fingerprint density at radius 1 is 1.19 bits per heavy atom. The lowest BCUT2D eigenvalue weighted by atomic mass is 10.1. The average molecular weight is 371 g/mol. The highest BCUT2D eigenvalue weighted by Gasteiger charge is 2.20. The second-order valence-electron chi connectivity index (χ2n) is 5.80. The number of carbonyl (C=O) groups is 1. The summed E-state index contributed by atoms with van der Waals surface area (Å²) >= 11 is 0. The zero-order valence-corrected chi connectivity index (χ0v) is 14.8. The lowest BCUT2D eigenvalue weighted by Gasteiger charge is -2.09. The summed E-state index contributed by atoms with van der Waals surface area (Å²) in [6.45, 7) is 2.12. The van der Waals surface area contributed by atoms with E-state index in [0.29, 0.717) is 17.8 Å². The molecule has 0 saturated heterocycles. The number of nitrogens with zero attached hydrogens (tertiary/aromatic N) is 2. The van der Waals surface area contributed by atoms with Crippen molar-refractivity contribution in [1.29, 1.82) is 0 Å². The molecule has 0 fully saturated rings. The highest BCUT2D eigenvalue weighted by Crippen LogP contribution is 2.21. The maximum absolute atomic E-state index is 12.6. The minimum absolute atomic E-state index is 0.0757. The van der Waals surface area contributed by atoms with Crippen LogP contribution >= 0.6 is 0 Å². The molecule has 0 saturated carbocycles. The largest absolute Gasteiger partial charge is 0.478 e. The Labute approximate surface area is 151 Å². The van der Waals surface area contributed by atoms with Crippen LogP contribution in [0.3, 0.4) is 0 Å². The molecule has 1 aromatic heterocycles. The number of carboxylic acid groups (broad SMARTS) is 1. The number of carboxylic acids is 1. The number of aryl methyl sites for hydroxylation is 1. The molecule has 0 bridgehead atoms. The van der Waals surface area contributed by atoms with E-state index in [1.54, 1.807) is 17.8 Å². The molecule has 26 heavy (non-hydrogen) atoms. The molecule has 134 valence electrons. The third-order valence-electron chi connectivity index (χ3n) is 3.80. The van der Waals surface area contributed by atoms with Gasteiger partial charge in [0.25, 0.3) is 10.0 Å². The van der Waals surface area contributed by atoms with Crippen molar-refractivity contribution in [2.24, 2.45) is 0 Å². The van der Waals surface area contributed by atoms with Crippen molar-refractivity contribution in [1.82, 2.24) is 9.78 Å². The van der Waals surface area contributed by atoms with Crippen molar-refractivity contribution in [3.8, 4) is 0 Å². The zero-order chi connectivity index (χ0) is 18.7. The summed E-state index contributed by atoms with van der Waals surface area (Å²) in [7, 11) is -3.93. The topological polar surface area (TPSA) is 101 Å². The molecular weight excluding hydrogens is 354 g/mol. The molecule has 7 nitrogen and oxygen atoms in total. The minimum atomic E-state index is -3.93. The first kappa shape index (κ1) is 17.7. The van der Waals surface area contributed by atoms with E-state index in [9.17, 15) is 13.2 Å². The Morgan fingerprint density at radius 2 is 1.92 bits per heavy atom. The van der Waals surface area contributed by atoms with Crippen LogP contribution in [0.1, 0.15) is 21.5 Å². The van der Waals surface area contributed by atoms with Crippen LogP contribution in [-0.2, 0) is 16.6 Å². The van der Waals surface area contributed by atoms with E-state index in [0.717, 1.165) is 11.6 Å². The molecule has 0 spiro atoms. The summed E-state index contributed by atoms with van der Waals surface area (Å²) in [5.74, 6) is -1.18. The van der Waals surface area contributed by atoms with E-state index >= 15 is 0 Å². The van der Waals surface area contributed by atoms with Crippen LogP contribution in [0, 0.1) is 6.92 Å². The molecule has 8 heteroatoms. The highest BCUT2D eigenvalue weighted by atomic mass is 32.2. The number of hydrogen-bond acceptors (Lipinski definition) is 4. The van der Waals surface area contributed by atoms with Crippen molar-refractivity contribution in [2.45, 2.75) is 18.4 Å². The second kappa shape index (κ2) is 7.01. The number of hydrogen-bond donors (Lipinski definition) is 2. The first-order valence-corrected chi connectivity index (χ1v) is 9.26. The van der Waals surface area contributed by atoms with Gasteiger partial charge in [0.15, 0.2) is 0 Å². The van der Waals surface area contributed by atoms with E-state index in [4.69, 9.17) is 5.11 Å². The Kier molecular flexibility index (Phi) is 4.77. The van der Waals surface area contributed by atoms with Gasteiger partial charge in [0.2, 0.25) is 0 Å². The standard InChI is InChI=1S/C18H17N3O4S/c1-13-7-8-15(18(22)23)9-17(13)26(24,25)20-16-10-19-21(12-16)11-14-5-3-2-4-6-14/h2-10,12,20H,11H2,1H3,(H,22,23). The fourth-order valence-electron chi connectivity index (χ4n) is 2.51. The van der Waals surface area contributed by atoms with Gasteiger partial charge in [0.05, 0.1) is 28.9 Å². The Bertz CT molecular complexity index is 1040. The number of nitrogens with one attached hydrogen (secondary N) is 1. The number of aromatic carboxylic acids is 1. The van der Waals surface area contributed by atoms with E-state index < -0.39 is 16.0 Å². The van der Waals surface area contributed by atoms with Gasteiger partial charge in [-0.1, -0.05) is 36.4 Å². The molecule has 2 aromatic carbocycles. The number of sulfonamides is 1. The molecule has 2 N–H and O–H groups in total. The molecule has 0 amide bonds. The van der Waals surface area contributed by atoms with Crippen LogP contribution in [-0.4, -0.2) is 29.3 Å². The maximum Gasteiger partial charge on any atom is 0.335 e. The smallest absolute Gasteiger partial charge is 0.335 e. The minimum Gasteiger partial charge on any atom is -0.478 e. The number of aromatic nitrogens is 2. The lowest BCUT2D eigenvalue weighted by Crippen LogP contribution is -2.15. The monoisotopic (exact) mass is 371 g/mol. The first-order valence-electron chi connectivity index (χ1n) is 7.78. The summed E-state index contributed by atoms with van der Waals surface area (Å²) < 4.78 is 29.3. The summed E-state index contributed by atoms with van der Waals surface area (Å²) in [6.07, 6.45) is 3.00. The van der Waals surface area contributed by atoms with Crippen LogP contribution in [0.15, 0.2) is 65.8 Å². The van der Waals surface area contributed by atoms with Crippen molar-refractivity contribution in [3.05, 3.63) is 77.6 Å². The van der Waals surface area contributed by atoms with Gasteiger partial charge < -0.3 is 5.11 Å². The number of rotatable bonds is 6. The average Bonchev–Trinajstić information content (AvgIpc) is 3.02. The SMILES string of the molecule is Cc1ccc(C(=O)O)cc1S(=O)(=O)Nc1cnn(Cc2ccccc2)c1. The summed E-state index contributed by atoms with van der Waals surface area (Å²) in [5.41, 5.74) is 1.71. The van der Waals surface area contributed by atoms with Crippen molar-refractivity contribution in [3.63, 3.8) is 0 Å². The van der Waals surface area contributed by atoms with Gasteiger partial charge in [-0.2, -0.15) is 5.10 Å². The van der Waals surface area contributed by atoms with Gasteiger partial charge in [-0.15, -0.1) is 0 Å². The number of anilines is 1. The summed E-state index contributed by atoms with van der Waals surface area (Å²) in [4.78, 5) is 11.0. The van der Waals surface area contributed by atoms with Crippen molar-refractivity contribution < 1.29 is 18.3 Å². The lowest BCUT2D eigenvalue weighted by molar-refractivity contribution is 0.0696. The van der Waals surface area contributed by atoms with Gasteiger partial charge in [-0.25, -0.2) is 13.2 Å². The Balaban J connectivity index is 1.82. The molecule has 0 radical (unpaired) electrons. The molecule has 0 aliphatic carbocycles. The molecule has 0 atom stereocenters. The predicted octanol–water partition coefficient (Wildman–Crippen LogP) is 2.74. The summed E-state index contributed by atoms with van der Waals surface area (Å²) in [5, 5.41) is 13.2. The van der Waals surface area contributed by atoms with E-state index in [1.165, 1.54) is 18.3 Å². The second-order valence-corrected chi connectivity index (χ2v) is 7.45. The molecule has 3 rings (SSSR count). The van der Waals surface area contributed by atoms with E-state index in [-0.39, 0.29) is 10.5 Å². The summed E-state index contributed by atoms with van der Waals surface area (Å²) in [6, 6.07) is 13.6. The van der Waals surface area contributed by atoms with Gasteiger partial charge in [-0.3, -0.25) is 9.40 Å². The first-order chi connectivity index (χ1) is 12.3. The molecule has 0 aliphatic rings. The quantitative estimate of drug-likeness (QED) is 0.694. The van der Waals surface area contributed by atoms with Gasteiger partial charge in [-0.05, 0) is 30.2 Å². The van der Waals surface area contributed by atoms with Gasteiger partial charge in [0, 0.05) is 6.20 Å². The van der Waals surface area contributed by atoms with Gasteiger partial charge >= 0.3 is 5.97 Å². The van der Waals surface area contributed by atoms with E-state index in [2.05, 4.69) is 9.82 Å². The molecule has 1 heterocycles. The highest BCUT2D eigenvalue weighted by molar-refractivity contribution is 7.92. The molecule has 3 aromatic rings. The van der Waals surface area contributed by atoms with Crippen LogP contribution in [0.5, 0.6) is 0 Å². The molecular formula is C18H17N3O4S. The van der Waals surface area contributed by atoms with Crippen molar-refractivity contribution >= 4 is 21.7 Å². The molecule has 0 unspecified atom stereocenters. The fourth-order valence-corrected chi connectivity index (χ4v) is 3.81. The normalized spacial score (nSPS) is 11.3. The molecule has 0 aliphatic heterocycles. The maximum atomic E-state index is 12.6. The van der Waals surface area contributed by atoms with Crippen LogP contribution in [0.4, 0.5) is 5.69 Å². The van der Waals surface area contributed by atoms with Crippen LogP contribution in [0.2, 0.25) is 0 Å². The van der Waals surface area contributed by atoms with Crippen LogP contribution in [0.25, 0.3) is 0 Å². The predicted molar refractivity (Wildman–Crippen MR) is 96.7 cm³/mol. The van der Waals surface area contributed by atoms with Gasteiger partial charge in [0.1, 0.15) is 0 Å². The number of benzene rings is 2.